The minimum atomic E-state index is -0.657. The molecule has 144 valence electrons. The first-order valence-electron chi connectivity index (χ1n) is 9.05. The second-order valence-electron chi connectivity index (χ2n) is 6.59. The van der Waals surface area contributed by atoms with Crippen LogP contribution in [0.25, 0.3) is 10.8 Å². The number of rotatable bonds is 6. The van der Waals surface area contributed by atoms with E-state index in [4.69, 9.17) is 9.15 Å². The summed E-state index contributed by atoms with van der Waals surface area (Å²) in [5.41, 5.74) is 1.42. The predicted octanol–water partition coefficient (Wildman–Crippen LogP) is 3.84. The Morgan fingerprint density at radius 1 is 1.29 bits per heavy atom. The molecule has 2 aromatic heterocycles. The molecule has 3 aromatic rings. The van der Waals surface area contributed by atoms with Crippen molar-refractivity contribution < 1.29 is 18.7 Å². The number of amides is 1. The molecule has 7 nitrogen and oxygen atoms in total. The molecule has 1 aliphatic heterocycles. The van der Waals surface area contributed by atoms with Crippen LogP contribution in [0.1, 0.15) is 47.7 Å². The number of hydrogen-bond donors (Lipinski definition) is 0. The predicted molar refractivity (Wildman–Crippen MR) is 103 cm³/mol. The van der Waals surface area contributed by atoms with Crippen molar-refractivity contribution in [2.75, 3.05) is 6.54 Å². The fourth-order valence-corrected chi connectivity index (χ4v) is 3.66. The van der Waals surface area contributed by atoms with Crippen LogP contribution in [0.2, 0.25) is 0 Å². The number of carbonyl (C=O) groups excluding carboxylic acids is 2. The Labute approximate surface area is 165 Å². The lowest BCUT2D eigenvalue weighted by molar-refractivity contribution is -0.128. The standard InChI is InChI=1S/C20H19N3O4S/c1-13(18-21-22-19(27-18)16-4-3-11-28-16)26-20(25)15-8-6-14(7-9-15)12-23-10-2-5-17(23)24/h3-4,6-9,11,13H,2,5,10,12H2,1H3/t13-/m1/s1. The van der Waals surface area contributed by atoms with Crippen molar-refractivity contribution in [1.29, 1.82) is 0 Å². The molecule has 0 bridgehead atoms. The van der Waals surface area contributed by atoms with E-state index in [1.54, 1.807) is 19.1 Å². The summed E-state index contributed by atoms with van der Waals surface area (Å²) in [7, 11) is 0. The van der Waals surface area contributed by atoms with Gasteiger partial charge in [-0.25, -0.2) is 4.79 Å². The molecule has 1 aliphatic rings. The highest BCUT2D eigenvalue weighted by Gasteiger charge is 2.22. The van der Waals surface area contributed by atoms with Gasteiger partial charge in [-0.15, -0.1) is 21.5 Å². The zero-order valence-corrected chi connectivity index (χ0v) is 16.1. The van der Waals surface area contributed by atoms with Gasteiger partial charge >= 0.3 is 5.97 Å². The fourth-order valence-electron chi connectivity index (χ4n) is 3.02. The van der Waals surface area contributed by atoms with Crippen LogP contribution in [0.4, 0.5) is 0 Å². The van der Waals surface area contributed by atoms with E-state index in [1.165, 1.54) is 11.3 Å². The van der Waals surface area contributed by atoms with Gasteiger partial charge < -0.3 is 14.1 Å². The summed E-state index contributed by atoms with van der Waals surface area (Å²) in [6.07, 6.45) is 0.868. The molecule has 1 amide bonds. The maximum absolute atomic E-state index is 12.4. The van der Waals surface area contributed by atoms with Crippen LogP contribution in [0.3, 0.4) is 0 Å². The van der Waals surface area contributed by atoms with Gasteiger partial charge in [0, 0.05) is 19.5 Å². The molecular formula is C20H19N3O4S. The average Bonchev–Trinajstić information content (AvgIpc) is 3.44. The number of hydrogen-bond acceptors (Lipinski definition) is 7. The van der Waals surface area contributed by atoms with Crippen molar-refractivity contribution in [2.45, 2.75) is 32.4 Å². The number of esters is 1. The van der Waals surface area contributed by atoms with Crippen LogP contribution in [0.5, 0.6) is 0 Å². The number of benzene rings is 1. The maximum atomic E-state index is 12.4. The third-order valence-electron chi connectivity index (χ3n) is 4.54. The number of aromatic nitrogens is 2. The van der Waals surface area contributed by atoms with Gasteiger partial charge in [-0.1, -0.05) is 18.2 Å². The molecule has 0 spiro atoms. The number of likely N-dealkylation sites (tertiary alicyclic amines) is 1. The van der Waals surface area contributed by atoms with Gasteiger partial charge in [0.2, 0.25) is 5.91 Å². The molecule has 8 heteroatoms. The van der Waals surface area contributed by atoms with Gasteiger partial charge in [-0.2, -0.15) is 0 Å². The van der Waals surface area contributed by atoms with E-state index in [0.29, 0.717) is 24.4 Å². The van der Waals surface area contributed by atoms with Crippen LogP contribution in [-0.4, -0.2) is 33.5 Å². The average molecular weight is 397 g/mol. The molecule has 3 heterocycles. The summed E-state index contributed by atoms with van der Waals surface area (Å²) in [4.78, 5) is 26.8. The van der Waals surface area contributed by atoms with E-state index in [0.717, 1.165) is 23.4 Å². The summed E-state index contributed by atoms with van der Waals surface area (Å²) in [5.74, 6) is 0.376. The summed E-state index contributed by atoms with van der Waals surface area (Å²) in [5, 5.41) is 9.89. The molecule has 1 saturated heterocycles. The van der Waals surface area contributed by atoms with E-state index in [-0.39, 0.29) is 11.8 Å². The Kier molecular flexibility index (Phi) is 5.21. The second kappa shape index (κ2) is 7.93. The molecule has 28 heavy (non-hydrogen) atoms. The monoisotopic (exact) mass is 397 g/mol. The van der Waals surface area contributed by atoms with Crippen molar-refractivity contribution in [3.63, 3.8) is 0 Å². The smallest absolute Gasteiger partial charge is 0.338 e. The molecule has 1 atom stereocenters. The lowest BCUT2D eigenvalue weighted by atomic mass is 10.1. The quantitative estimate of drug-likeness (QED) is 0.588. The van der Waals surface area contributed by atoms with Gasteiger partial charge in [0.15, 0.2) is 6.10 Å². The summed E-state index contributed by atoms with van der Waals surface area (Å²) in [6, 6.07) is 10.9. The maximum Gasteiger partial charge on any atom is 0.338 e. The van der Waals surface area contributed by atoms with E-state index in [9.17, 15) is 9.59 Å². The summed E-state index contributed by atoms with van der Waals surface area (Å²) >= 11 is 1.50. The van der Waals surface area contributed by atoms with Crippen molar-refractivity contribution in [2.24, 2.45) is 0 Å². The fraction of sp³-hybridized carbons (Fsp3) is 0.300. The molecule has 0 radical (unpaired) electrons. The molecule has 1 fully saturated rings. The Morgan fingerprint density at radius 3 is 2.79 bits per heavy atom. The van der Waals surface area contributed by atoms with Gasteiger partial charge in [0.1, 0.15) is 0 Å². The highest BCUT2D eigenvalue weighted by atomic mass is 32.1. The van der Waals surface area contributed by atoms with Crippen LogP contribution < -0.4 is 0 Å². The van der Waals surface area contributed by atoms with Crippen LogP contribution in [-0.2, 0) is 16.1 Å². The Bertz CT molecular complexity index is 966. The molecule has 0 unspecified atom stereocenters. The number of ether oxygens (including phenoxy) is 1. The first-order valence-corrected chi connectivity index (χ1v) is 9.93. The van der Waals surface area contributed by atoms with Gasteiger partial charge in [0.25, 0.3) is 11.8 Å². The topological polar surface area (TPSA) is 85.5 Å². The third-order valence-corrected chi connectivity index (χ3v) is 5.40. The first-order chi connectivity index (χ1) is 13.6. The minimum absolute atomic E-state index is 0.179. The van der Waals surface area contributed by atoms with Crippen LogP contribution in [0.15, 0.2) is 46.2 Å². The van der Waals surface area contributed by atoms with Gasteiger partial charge in [-0.3, -0.25) is 4.79 Å². The lowest BCUT2D eigenvalue weighted by Gasteiger charge is -2.15. The van der Waals surface area contributed by atoms with Crippen molar-refractivity contribution >= 4 is 23.2 Å². The third kappa shape index (κ3) is 3.96. The van der Waals surface area contributed by atoms with E-state index >= 15 is 0 Å². The van der Waals surface area contributed by atoms with Crippen LogP contribution in [0, 0.1) is 0 Å². The van der Waals surface area contributed by atoms with Crippen molar-refractivity contribution in [3.05, 3.63) is 58.8 Å². The van der Waals surface area contributed by atoms with Gasteiger partial charge in [0.05, 0.1) is 10.4 Å². The number of carbonyl (C=O) groups is 2. The van der Waals surface area contributed by atoms with Gasteiger partial charge in [-0.05, 0) is 42.5 Å². The normalized spacial score (nSPS) is 15.0. The van der Waals surface area contributed by atoms with Crippen LogP contribution >= 0.6 is 11.3 Å². The van der Waals surface area contributed by atoms with Crippen molar-refractivity contribution in [1.82, 2.24) is 15.1 Å². The molecular weight excluding hydrogens is 378 g/mol. The highest BCUT2D eigenvalue weighted by molar-refractivity contribution is 7.13. The zero-order valence-electron chi connectivity index (χ0n) is 15.3. The minimum Gasteiger partial charge on any atom is -0.449 e. The SMILES string of the molecule is C[C@@H](OC(=O)c1ccc(CN2CCCC2=O)cc1)c1nnc(-c2cccs2)o1. The molecule has 1 aromatic carbocycles. The molecule has 4 rings (SSSR count). The molecule has 0 aliphatic carbocycles. The lowest BCUT2D eigenvalue weighted by Crippen LogP contribution is -2.23. The second-order valence-corrected chi connectivity index (χ2v) is 7.53. The molecule has 0 N–H and O–H groups in total. The molecule has 0 saturated carbocycles. The highest BCUT2D eigenvalue weighted by Crippen LogP contribution is 2.26. The van der Waals surface area contributed by atoms with E-state index in [2.05, 4.69) is 10.2 Å². The Balaban J connectivity index is 1.37. The summed E-state index contributed by atoms with van der Waals surface area (Å²) < 4.78 is 11.1. The summed E-state index contributed by atoms with van der Waals surface area (Å²) in [6.45, 7) is 3.05. The Hall–Kier alpha value is -3.00. The first kappa shape index (κ1) is 18.4. The van der Waals surface area contributed by atoms with E-state index < -0.39 is 12.1 Å². The Morgan fingerprint density at radius 2 is 2.11 bits per heavy atom. The number of nitrogens with zero attached hydrogens (tertiary/aromatic N) is 3. The largest absolute Gasteiger partial charge is 0.449 e. The zero-order chi connectivity index (χ0) is 19.5. The van der Waals surface area contributed by atoms with E-state index in [1.807, 2.05) is 34.5 Å². The van der Waals surface area contributed by atoms with Crippen molar-refractivity contribution in [3.8, 4) is 10.8 Å². The number of thiophene rings is 1.